The second-order valence-corrected chi connectivity index (χ2v) is 6.47. The highest BCUT2D eigenvalue weighted by Gasteiger charge is 2.26. The Morgan fingerprint density at radius 1 is 1.39 bits per heavy atom. The number of hydrogen-bond donors (Lipinski definition) is 0. The van der Waals surface area contributed by atoms with Gasteiger partial charge in [-0.05, 0) is 31.5 Å². The molecule has 1 aromatic rings. The van der Waals surface area contributed by atoms with E-state index in [4.69, 9.17) is 16.3 Å². The molecule has 18 heavy (non-hydrogen) atoms. The monoisotopic (exact) mass is 291 g/mol. The molecule has 0 N–H and O–H groups in total. The van der Waals surface area contributed by atoms with Crippen molar-refractivity contribution in [2.24, 2.45) is 0 Å². The van der Waals surface area contributed by atoms with Crippen molar-refractivity contribution < 1.29 is 13.2 Å². The van der Waals surface area contributed by atoms with Crippen molar-refractivity contribution in [1.29, 1.82) is 0 Å². The lowest BCUT2D eigenvalue weighted by molar-refractivity contribution is 0.387. The molecule has 0 bridgehead atoms. The van der Waals surface area contributed by atoms with Gasteiger partial charge in [0.2, 0.25) is 10.0 Å². The Hall–Kier alpha value is -0.780. The van der Waals surface area contributed by atoms with E-state index < -0.39 is 10.0 Å². The van der Waals surface area contributed by atoms with E-state index in [0.29, 0.717) is 11.6 Å². The van der Waals surface area contributed by atoms with Crippen molar-refractivity contribution >= 4 is 21.6 Å². The number of hydrogen-bond acceptors (Lipinski definition) is 3. The van der Waals surface area contributed by atoms with Gasteiger partial charge in [0.05, 0.1) is 7.11 Å². The van der Waals surface area contributed by atoms with Gasteiger partial charge in [0.15, 0.2) is 0 Å². The van der Waals surface area contributed by atoms with Gasteiger partial charge in [0.25, 0.3) is 0 Å². The molecule has 0 aliphatic carbocycles. The highest BCUT2D eigenvalue weighted by atomic mass is 35.5. The highest BCUT2D eigenvalue weighted by molar-refractivity contribution is 7.89. The number of ether oxygens (including phenoxy) is 1. The van der Waals surface area contributed by atoms with Crippen molar-refractivity contribution in [2.45, 2.75) is 30.7 Å². The van der Waals surface area contributed by atoms with Gasteiger partial charge in [-0.15, -0.1) is 11.6 Å². The SMILES string of the molecule is COc1cc(CCl)ccc1S(=O)(=O)N(C)C(C)C. The van der Waals surface area contributed by atoms with E-state index in [1.54, 1.807) is 19.2 Å². The molecule has 0 atom stereocenters. The lowest BCUT2D eigenvalue weighted by atomic mass is 10.2. The predicted octanol–water partition coefficient (Wildman–Crippen LogP) is 2.46. The van der Waals surface area contributed by atoms with Crippen LogP contribution in [0.25, 0.3) is 0 Å². The minimum atomic E-state index is -3.54. The summed E-state index contributed by atoms with van der Waals surface area (Å²) in [5.74, 6) is 0.636. The maximum Gasteiger partial charge on any atom is 0.246 e. The van der Waals surface area contributed by atoms with Crippen LogP contribution in [0.15, 0.2) is 23.1 Å². The zero-order valence-electron chi connectivity index (χ0n) is 11.0. The van der Waals surface area contributed by atoms with Crippen LogP contribution in [0.5, 0.6) is 5.75 Å². The molecular weight excluding hydrogens is 274 g/mol. The molecule has 0 saturated carbocycles. The van der Waals surface area contributed by atoms with Crippen molar-refractivity contribution in [1.82, 2.24) is 4.31 Å². The molecule has 0 aliphatic rings. The first-order valence-electron chi connectivity index (χ1n) is 5.55. The summed E-state index contributed by atoms with van der Waals surface area (Å²) in [6.45, 7) is 3.63. The average Bonchev–Trinajstić information content (AvgIpc) is 2.36. The fourth-order valence-corrected chi connectivity index (χ4v) is 3.11. The third-order valence-corrected chi connectivity index (χ3v) is 5.15. The van der Waals surface area contributed by atoms with Crippen LogP contribution < -0.4 is 4.74 Å². The molecule has 0 aromatic heterocycles. The number of halogens is 1. The Morgan fingerprint density at radius 2 is 2.00 bits per heavy atom. The molecular formula is C12H18ClNO3S. The highest BCUT2D eigenvalue weighted by Crippen LogP contribution is 2.28. The number of methoxy groups -OCH3 is 1. The number of rotatable bonds is 5. The molecule has 0 unspecified atom stereocenters. The maximum atomic E-state index is 12.4. The third kappa shape index (κ3) is 2.96. The summed E-state index contributed by atoms with van der Waals surface area (Å²) < 4.78 is 31.2. The molecule has 0 aliphatic heterocycles. The summed E-state index contributed by atoms with van der Waals surface area (Å²) >= 11 is 5.72. The number of sulfonamides is 1. The van der Waals surface area contributed by atoms with E-state index in [1.165, 1.54) is 17.5 Å². The van der Waals surface area contributed by atoms with E-state index in [2.05, 4.69) is 0 Å². The van der Waals surface area contributed by atoms with Gasteiger partial charge < -0.3 is 4.74 Å². The summed E-state index contributed by atoms with van der Waals surface area (Å²) in [6, 6.07) is 4.75. The zero-order chi connectivity index (χ0) is 13.9. The number of alkyl halides is 1. The van der Waals surface area contributed by atoms with Crippen LogP contribution in [0.2, 0.25) is 0 Å². The van der Waals surface area contributed by atoms with E-state index >= 15 is 0 Å². The van der Waals surface area contributed by atoms with Gasteiger partial charge >= 0.3 is 0 Å². The normalized spacial score (nSPS) is 12.2. The third-order valence-electron chi connectivity index (χ3n) is 2.77. The molecule has 1 rings (SSSR count). The van der Waals surface area contributed by atoms with Gasteiger partial charge in [-0.2, -0.15) is 4.31 Å². The molecule has 4 nitrogen and oxygen atoms in total. The van der Waals surface area contributed by atoms with Crippen molar-refractivity contribution in [3.63, 3.8) is 0 Å². The lowest BCUT2D eigenvalue weighted by Crippen LogP contribution is -2.33. The van der Waals surface area contributed by atoms with Crippen LogP contribution >= 0.6 is 11.6 Å². The van der Waals surface area contributed by atoms with Crippen LogP contribution in [0.1, 0.15) is 19.4 Å². The molecule has 0 spiro atoms. The van der Waals surface area contributed by atoms with Gasteiger partial charge in [-0.1, -0.05) is 6.07 Å². The molecule has 102 valence electrons. The standard InChI is InChI=1S/C12H18ClNO3S/c1-9(2)14(3)18(15,16)12-6-5-10(8-13)7-11(12)17-4/h5-7,9H,8H2,1-4H3. The van der Waals surface area contributed by atoms with Gasteiger partial charge in [0, 0.05) is 19.0 Å². The Morgan fingerprint density at radius 3 is 2.44 bits per heavy atom. The summed E-state index contributed by atoms with van der Waals surface area (Å²) in [4.78, 5) is 0.162. The summed E-state index contributed by atoms with van der Waals surface area (Å²) in [5.41, 5.74) is 0.819. The van der Waals surface area contributed by atoms with Gasteiger partial charge in [-0.3, -0.25) is 0 Å². The Balaban J connectivity index is 3.32. The lowest BCUT2D eigenvalue weighted by Gasteiger charge is -2.22. The second-order valence-electron chi connectivity index (χ2n) is 4.23. The minimum Gasteiger partial charge on any atom is -0.495 e. The predicted molar refractivity (Wildman–Crippen MR) is 72.6 cm³/mol. The molecule has 1 aromatic carbocycles. The van der Waals surface area contributed by atoms with Crippen molar-refractivity contribution in [3.8, 4) is 5.75 Å². The Bertz CT molecular complexity index is 514. The maximum absolute atomic E-state index is 12.4. The zero-order valence-corrected chi connectivity index (χ0v) is 12.5. The topological polar surface area (TPSA) is 46.6 Å². The van der Waals surface area contributed by atoms with Crippen LogP contribution in [0, 0.1) is 0 Å². The largest absolute Gasteiger partial charge is 0.495 e. The molecule has 0 heterocycles. The van der Waals surface area contributed by atoms with E-state index in [-0.39, 0.29) is 10.9 Å². The average molecular weight is 292 g/mol. The molecule has 0 fully saturated rings. The molecule has 6 heteroatoms. The van der Waals surface area contributed by atoms with E-state index in [1.807, 2.05) is 13.8 Å². The minimum absolute atomic E-state index is 0.118. The van der Waals surface area contributed by atoms with Crippen LogP contribution in [-0.4, -0.2) is 32.9 Å². The van der Waals surface area contributed by atoms with Gasteiger partial charge in [-0.25, -0.2) is 8.42 Å². The first kappa shape index (κ1) is 15.3. The summed E-state index contributed by atoms with van der Waals surface area (Å²) in [7, 11) is -0.544. The van der Waals surface area contributed by atoms with Crippen LogP contribution in [0.3, 0.4) is 0 Å². The Kier molecular flexibility index (Phi) is 5.01. The number of benzene rings is 1. The fourth-order valence-electron chi connectivity index (χ4n) is 1.44. The van der Waals surface area contributed by atoms with Crippen molar-refractivity contribution in [3.05, 3.63) is 23.8 Å². The number of nitrogens with zero attached hydrogens (tertiary/aromatic N) is 1. The molecule has 0 radical (unpaired) electrons. The van der Waals surface area contributed by atoms with Crippen LogP contribution in [-0.2, 0) is 15.9 Å². The Labute approximate surface area is 114 Å². The van der Waals surface area contributed by atoms with E-state index in [9.17, 15) is 8.42 Å². The van der Waals surface area contributed by atoms with Crippen LogP contribution in [0.4, 0.5) is 0 Å². The summed E-state index contributed by atoms with van der Waals surface area (Å²) in [6.07, 6.45) is 0. The molecule has 0 saturated heterocycles. The summed E-state index contributed by atoms with van der Waals surface area (Å²) in [5, 5.41) is 0. The quantitative estimate of drug-likeness (QED) is 0.783. The smallest absolute Gasteiger partial charge is 0.246 e. The van der Waals surface area contributed by atoms with Crippen molar-refractivity contribution in [2.75, 3.05) is 14.2 Å². The molecule has 0 amide bonds. The fraction of sp³-hybridized carbons (Fsp3) is 0.500. The van der Waals surface area contributed by atoms with E-state index in [0.717, 1.165) is 5.56 Å². The second kappa shape index (κ2) is 5.91. The first-order valence-corrected chi connectivity index (χ1v) is 7.53. The van der Waals surface area contributed by atoms with Gasteiger partial charge in [0.1, 0.15) is 10.6 Å². The first-order chi connectivity index (χ1) is 8.34.